The molecular formula is C22H23N5O3S. The fraction of sp³-hybridized carbons (Fsp3) is 0.182. The number of nitrogens with zero attached hydrogens (tertiary/aromatic N) is 2. The fourth-order valence-electron chi connectivity index (χ4n) is 2.92. The average molecular weight is 438 g/mol. The van der Waals surface area contributed by atoms with E-state index in [2.05, 4.69) is 9.69 Å². The van der Waals surface area contributed by atoms with E-state index >= 15 is 0 Å². The van der Waals surface area contributed by atoms with E-state index in [1.54, 1.807) is 6.07 Å². The molecule has 0 aliphatic rings. The summed E-state index contributed by atoms with van der Waals surface area (Å²) in [7, 11) is 0. The molecule has 0 spiro atoms. The maximum atomic E-state index is 13.3. The van der Waals surface area contributed by atoms with Gasteiger partial charge in [-0.05, 0) is 54.2 Å². The molecule has 9 heteroatoms. The van der Waals surface area contributed by atoms with Crippen LogP contribution in [0.3, 0.4) is 0 Å². The molecule has 0 atom stereocenters. The lowest BCUT2D eigenvalue weighted by atomic mass is 10.1. The number of nitrogen functional groups attached to an aromatic ring is 1. The van der Waals surface area contributed by atoms with Gasteiger partial charge in [0.05, 0.1) is 5.69 Å². The van der Waals surface area contributed by atoms with Gasteiger partial charge in [0.1, 0.15) is 11.4 Å². The van der Waals surface area contributed by atoms with Crippen molar-refractivity contribution < 1.29 is 14.4 Å². The van der Waals surface area contributed by atoms with Crippen LogP contribution in [-0.2, 0) is 11.3 Å². The summed E-state index contributed by atoms with van der Waals surface area (Å²) in [6.07, 6.45) is 0. The van der Waals surface area contributed by atoms with Gasteiger partial charge in [-0.15, -0.1) is 0 Å². The second-order valence-corrected chi connectivity index (χ2v) is 7.83. The standard InChI is InChI=1S/C22H23N5O3S/c1-13-8-9-16(10-14(13)2)27(12-17(28)25-11-15-6-4-3-5-7-15)22(30)20-18(23)19(21(24)29)26-31-20/h3-10H,11-12,23H2,1-2H3,(H2,24,29)(H,25,28). The van der Waals surface area contributed by atoms with Crippen LogP contribution in [0.1, 0.15) is 36.9 Å². The average Bonchev–Trinajstić information content (AvgIpc) is 3.14. The molecule has 160 valence electrons. The number of hydrogen-bond donors (Lipinski definition) is 3. The van der Waals surface area contributed by atoms with E-state index in [9.17, 15) is 14.4 Å². The number of amides is 3. The molecule has 0 saturated carbocycles. The highest BCUT2D eigenvalue weighted by Crippen LogP contribution is 2.27. The molecule has 1 aromatic heterocycles. The van der Waals surface area contributed by atoms with E-state index in [1.165, 1.54) is 4.90 Å². The Kier molecular flexibility index (Phi) is 6.66. The molecule has 0 saturated heterocycles. The van der Waals surface area contributed by atoms with Crippen LogP contribution in [0.15, 0.2) is 48.5 Å². The second-order valence-electron chi connectivity index (χ2n) is 7.06. The number of anilines is 2. The third-order valence-corrected chi connectivity index (χ3v) is 5.69. The molecule has 0 radical (unpaired) electrons. The lowest BCUT2D eigenvalue weighted by Gasteiger charge is -2.23. The quantitative estimate of drug-likeness (QED) is 0.522. The minimum Gasteiger partial charge on any atom is -0.395 e. The minimum absolute atomic E-state index is 0.0582. The second kappa shape index (κ2) is 9.40. The molecule has 3 rings (SSSR count). The maximum Gasteiger partial charge on any atom is 0.272 e. The Hall–Kier alpha value is -3.72. The van der Waals surface area contributed by atoms with Crippen molar-refractivity contribution in [1.29, 1.82) is 0 Å². The van der Waals surface area contributed by atoms with E-state index < -0.39 is 11.8 Å². The number of benzene rings is 2. The number of rotatable bonds is 7. The Morgan fingerprint density at radius 1 is 1.06 bits per heavy atom. The van der Waals surface area contributed by atoms with Crippen molar-refractivity contribution in [1.82, 2.24) is 9.69 Å². The molecule has 5 N–H and O–H groups in total. The van der Waals surface area contributed by atoms with Crippen molar-refractivity contribution in [2.24, 2.45) is 5.73 Å². The van der Waals surface area contributed by atoms with Crippen molar-refractivity contribution in [2.75, 3.05) is 17.2 Å². The van der Waals surface area contributed by atoms with E-state index in [-0.39, 0.29) is 28.7 Å². The lowest BCUT2D eigenvalue weighted by molar-refractivity contribution is -0.119. The van der Waals surface area contributed by atoms with Gasteiger partial charge in [0.25, 0.3) is 11.8 Å². The molecule has 0 bridgehead atoms. The SMILES string of the molecule is Cc1ccc(N(CC(=O)NCc2ccccc2)C(=O)c2snc(C(N)=O)c2N)cc1C. The summed E-state index contributed by atoms with van der Waals surface area (Å²) in [5.41, 5.74) is 14.5. The number of primary amides is 1. The number of carbonyl (C=O) groups is 3. The van der Waals surface area contributed by atoms with Crippen molar-refractivity contribution in [3.8, 4) is 0 Å². The highest BCUT2D eigenvalue weighted by atomic mass is 32.1. The summed E-state index contributed by atoms with van der Waals surface area (Å²) in [6, 6.07) is 14.9. The molecular weight excluding hydrogens is 414 g/mol. The number of nitrogens with two attached hydrogens (primary N) is 2. The van der Waals surface area contributed by atoms with Gasteiger partial charge in [-0.25, -0.2) is 0 Å². The van der Waals surface area contributed by atoms with Gasteiger partial charge in [-0.3, -0.25) is 19.3 Å². The zero-order valence-electron chi connectivity index (χ0n) is 17.2. The summed E-state index contributed by atoms with van der Waals surface area (Å²) < 4.78 is 3.89. The van der Waals surface area contributed by atoms with E-state index in [1.807, 2.05) is 56.3 Å². The first-order valence-corrected chi connectivity index (χ1v) is 10.3. The summed E-state index contributed by atoms with van der Waals surface area (Å²) in [5, 5.41) is 2.82. The number of carbonyl (C=O) groups excluding carboxylic acids is 3. The molecule has 3 aromatic rings. The fourth-order valence-corrected chi connectivity index (χ4v) is 3.68. The Morgan fingerprint density at radius 2 is 1.77 bits per heavy atom. The van der Waals surface area contributed by atoms with Crippen LogP contribution in [-0.4, -0.2) is 28.6 Å². The normalized spacial score (nSPS) is 10.5. The zero-order valence-corrected chi connectivity index (χ0v) is 18.0. The van der Waals surface area contributed by atoms with E-state index in [0.29, 0.717) is 12.2 Å². The highest BCUT2D eigenvalue weighted by molar-refractivity contribution is 7.09. The number of nitrogens with one attached hydrogen (secondary N) is 1. The number of hydrogen-bond acceptors (Lipinski definition) is 6. The smallest absolute Gasteiger partial charge is 0.272 e. The van der Waals surface area contributed by atoms with Crippen molar-refractivity contribution in [2.45, 2.75) is 20.4 Å². The van der Waals surface area contributed by atoms with Crippen molar-refractivity contribution in [3.63, 3.8) is 0 Å². The summed E-state index contributed by atoms with van der Waals surface area (Å²) in [5.74, 6) is -1.68. The van der Waals surface area contributed by atoms with Crippen LogP contribution >= 0.6 is 11.5 Å². The van der Waals surface area contributed by atoms with Crippen LogP contribution in [0.25, 0.3) is 0 Å². The minimum atomic E-state index is -0.814. The third-order valence-electron chi connectivity index (χ3n) is 4.84. The molecule has 0 aliphatic heterocycles. The van der Waals surface area contributed by atoms with Crippen LogP contribution in [0, 0.1) is 13.8 Å². The Bertz CT molecular complexity index is 1130. The third kappa shape index (κ3) is 5.07. The number of aromatic nitrogens is 1. The van der Waals surface area contributed by atoms with Gasteiger partial charge >= 0.3 is 0 Å². The predicted octanol–water partition coefficient (Wildman–Crippen LogP) is 2.40. The van der Waals surface area contributed by atoms with Gasteiger partial charge in [0.2, 0.25) is 5.91 Å². The van der Waals surface area contributed by atoms with Crippen molar-refractivity contribution >= 4 is 40.6 Å². The first-order valence-electron chi connectivity index (χ1n) is 9.52. The topological polar surface area (TPSA) is 131 Å². The highest BCUT2D eigenvalue weighted by Gasteiger charge is 2.27. The molecule has 0 aliphatic carbocycles. The van der Waals surface area contributed by atoms with E-state index in [0.717, 1.165) is 28.2 Å². The maximum absolute atomic E-state index is 13.3. The van der Waals surface area contributed by atoms with Crippen LogP contribution in [0.4, 0.5) is 11.4 Å². The summed E-state index contributed by atoms with van der Waals surface area (Å²) >= 11 is 0.782. The molecule has 2 aromatic carbocycles. The van der Waals surface area contributed by atoms with Gasteiger partial charge in [0, 0.05) is 12.2 Å². The Balaban J connectivity index is 1.87. The summed E-state index contributed by atoms with van der Waals surface area (Å²) in [4.78, 5) is 38.8. The Morgan fingerprint density at radius 3 is 2.39 bits per heavy atom. The predicted molar refractivity (Wildman–Crippen MR) is 121 cm³/mol. The summed E-state index contributed by atoms with van der Waals surface area (Å²) in [6.45, 7) is 3.99. The molecule has 0 unspecified atom stereocenters. The molecule has 0 fully saturated rings. The molecule has 3 amide bonds. The first kappa shape index (κ1) is 22.0. The number of aryl methyl sites for hydroxylation is 2. The van der Waals surface area contributed by atoms with E-state index in [4.69, 9.17) is 11.5 Å². The monoisotopic (exact) mass is 437 g/mol. The van der Waals surface area contributed by atoms with Crippen LogP contribution < -0.4 is 21.7 Å². The zero-order chi connectivity index (χ0) is 22.5. The van der Waals surface area contributed by atoms with Crippen LogP contribution in [0.5, 0.6) is 0 Å². The van der Waals surface area contributed by atoms with Gasteiger partial charge in [-0.1, -0.05) is 36.4 Å². The lowest BCUT2D eigenvalue weighted by Crippen LogP contribution is -2.40. The van der Waals surface area contributed by atoms with Crippen LogP contribution in [0.2, 0.25) is 0 Å². The van der Waals surface area contributed by atoms with Gasteiger partial charge in [-0.2, -0.15) is 4.37 Å². The molecule has 8 nitrogen and oxygen atoms in total. The largest absolute Gasteiger partial charge is 0.395 e. The Labute approximate surface area is 184 Å². The molecule has 1 heterocycles. The van der Waals surface area contributed by atoms with Gasteiger partial charge in [0.15, 0.2) is 5.69 Å². The van der Waals surface area contributed by atoms with Gasteiger partial charge < -0.3 is 16.8 Å². The van der Waals surface area contributed by atoms with Crippen molar-refractivity contribution in [3.05, 3.63) is 75.8 Å². The first-order chi connectivity index (χ1) is 14.8. The molecule has 31 heavy (non-hydrogen) atoms.